The first-order valence-electron chi connectivity index (χ1n) is 6.14. The van der Waals surface area contributed by atoms with E-state index in [-0.39, 0.29) is 11.6 Å². The Morgan fingerprint density at radius 2 is 1.70 bits per heavy atom. The van der Waals surface area contributed by atoms with E-state index < -0.39 is 11.7 Å². The highest BCUT2D eigenvalue weighted by molar-refractivity contribution is 5.59. The van der Waals surface area contributed by atoms with Crippen LogP contribution >= 0.6 is 0 Å². The minimum Gasteiger partial charge on any atom is -0.370 e. The molecule has 6 heteroatoms. The van der Waals surface area contributed by atoms with Gasteiger partial charge >= 0.3 is 6.18 Å². The van der Waals surface area contributed by atoms with Gasteiger partial charge in [0.1, 0.15) is 11.6 Å². The smallest absolute Gasteiger partial charge is 0.370 e. The minimum atomic E-state index is -4.40. The second kappa shape index (κ2) is 5.81. The molecule has 1 heterocycles. The first-order chi connectivity index (χ1) is 9.49. The fourth-order valence-corrected chi connectivity index (χ4v) is 1.70. The molecule has 3 nitrogen and oxygen atoms in total. The molecule has 1 aromatic carbocycles. The van der Waals surface area contributed by atoms with E-state index >= 15 is 0 Å². The molecule has 0 saturated carbocycles. The van der Waals surface area contributed by atoms with E-state index in [0.717, 1.165) is 12.1 Å². The van der Waals surface area contributed by atoms with Crippen molar-refractivity contribution < 1.29 is 13.2 Å². The van der Waals surface area contributed by atoms with Crippen LogP contribution in [0.4, 0.5) is 30.5 Å². The lowest BCUT2D eigenvalue weighted by Gasteiger charge is -2.13. The second-order valence-electron chi connectivity index (χ2n) is 4.15. The van der Waals surface area contributed by atoms with Gasteiger partial charge in [-0.05, 0) is 31.2 Å². The van der Waals surface area contributed by atoms with Crippen LogP contribution in [-0.4, -0.2) is 11.5 Å². The summed E-state index contributed by atoms with van der Waals surface area (Å²) in [7, 11) is 0. The Bertz CT molecular complexity index is 568. The van der Waals surface area contributed by atoms with Gasteiger partial charge in [0, 0.05) is 12.2 Å². The molecule has 2 aromatic rings. The molecular formula is C14H14F3N3. The lowest BCUT2D eigenvalue weighted by Crippen LogP contribution is -2.09. The summed E-state index contributed by atoms with van der Waals surface area (Å²) < 4.78 is 38.5. The molecule has 0 aliphatic heterocycles. The summed E-state index contributed by atoms with van der Waals surface area (Å²) in [4.78, 5) is 4.11. The van der Waals surface area contributed by atoms with E-state index in [1.807, 2.05) is 6.07 Å². The predicted molar refractivity (Wildman–Crippen MR) is 73.1 cm³/mol. The van der Waals surface area contributed by atoms with Crippen LogP contribution < -0.4 is 10.6 Å². The van der Waals surface area contributed by atoms with Gasteiger partial charge in [-0.2, -0.15) is 13.2 Å². The van der Waals surface area contributed by atoms with Gasteiger partial charge in [0.25, 0.3) is 0 Å². The van der Waals surface area contributed by atoms with Crippen molar-refractivity contribution in [2.45, 2.75) is 13.1 Å². The number of halogens is 3. The number of hydrogen-bond donors (Lipinski definition) is 2. The molecule has 0 spiro atoms. The zero-order chi connectivity index (χ0) is 14.6. The number of para-hydroxylation sites is 1. The number of nitrogens with one attached hydrogen (secondary N) is 2. The number of nitrogens with zero attached hydrogens (tertiary/aromatic N) is 1. The van der Waals surface area contributed by atoms with Crippen molar-refractivity contribution in [1.82, 2.24) is 4.98 Å². The predicted octanol–water partition coefficient (Wildman–Crippen LogP) is 4.28. The van der Waals surface area contributed by atoms with E-state index in [1.54, 1.807) is 31.2 Å². The van der Waals surface area contributed by atoms with Gasteiger partial charge in [-0.3, -0.25) is 0 Å². The van der Waals surface area contributed by atoms with Crippen molar-refractivity contribution >= 4 is 17.3 Å². The lowest BCUT2D eigenvalue weighted by molar-refractivity contribution is -0.137. The quantitative estimate of drug-likeness (QED) is 0.878. The topological polar surface area (TPSA) is 37.0 Å². The largest absolute Gasteiger partial charge is 0.416 e. The van der Waals surface area contributed by atoms with Crippen LogP contribution in [0.15, 0.2) is 42.5 Å². The average molecular weight is 281 g/mol. The molecular weight excluding hydrogens is 267 g/mol. The minimum absolute atomic E-state index is 0.155. The SMILES string of the molecule is CCNc1cc(C(F)(F)F)cc(Nc2ccccc2)n1. The first kappa shape index (κ1) is 14.2. The second-order valence-corrected chi connectivity index (χ2v) is 4.15. The highest BCUT2D eigenvalue weighted by Crippen LogP contribution is 2.32. The Morgan fingerprint density at radius 3 is 2.30 bits per heavy atom. The third-order valence-electron chi connectivity index (χ3n) is 2.56. The first-order valence-corrected chi connectivity index (χ1v) is 6.14. The summed E-state index contributed by atoms with van der Waals surface area (Å²) in [6.07, 6.45) is -4.40. The van der Waals surface area contributed by atoms with Crippen LogP contribution in [0.1, 0.15) is 12.5 Å². The van der Waals surface area contributed by atoms with Crippen LogP contribution in [0.25, 0.3) is 0 Å². The van der Waals surface area contributed by atoms with Crippen molar-refractivity contribution in [3.8, 4) is 0 Å². The molecule has 2 rings (SSSR count). The van der Waals surface area contributed by atoms with Gasteiger partial charge in [0.2, 0.25) is 0 Å². The third-order valence-corrected chi connectivity index (χ3v) is 2.56. The molecule has 0 atom stereocenters. The molecule has 0 aliphatic carbocycles. The van der Waals surface area contributed by atoms with Crippen LogP contribution in [0.2, 0.25) is 0 Å². The summed E-state index contributed by atoms with van der Waals surface area (Å²) in [6, 6.07) is 10.9. The zero-order valence-electron chi connectivity index (χ0n) is 10.8. The number of alkyl halides is 3. The van der Waals surface area contributed by atoms with Crippen molar-refractivity contribution in [1.29, 1.82) is 0 Å². The van der Waals surface area contributed by atoms with E-state index in [1.165, 1.54) is 0 Å². The standard InChI is InChI=1S/C14H14F3N3/c1-2-18-12-8-10(14(15,16)17)9-13(20-12)19-11-6-4-3-5-7-11/h3-9H,2H2,1H3,(H2,18,19,20). The molecule has 1 aromatic heterocycles. The lowest BCUT2D eigenvalue weighted by atomic mass is 10.2. The van der Waals surface area contributed by atoms with E-state index in [4.69, 9.17) is 0 Å². The normalized spacial score (nSPS) is 11.2. The van der Waals surface area contributed by atoms with Crippen molar-refractivity contribution in [3.05, 3.63) is 48.0 Å². The molecule has 0 saturated heterocycles. The maximum atomic E-state index is 12.8. The highest BCUT2D eigenvalue weighted by Gasteiger charge is 2.31. The number of aromatic nitrogens is 1. The van der Waals surface area contributed by atoms with E-state index in [9.17, 15) is 13.2 Å². The molecule has 2 N–H and O–H groups in total. The molecule has 0 aliphatic rings. The third kappa shape index (κ3) is 3.63. The van der Waals surface area contributed by atoms with Crippen LogP contribution in [0.3, 0.4) is 0 Å². The highest BCUT2D eigenvalue weighted by atomic mass is 19.4. The Morgan fingerprint density at radius 1 is 1.05 bits per heavy atom. The maximum absolute atomic E-state index is 12.8. The average Bonchev–Trinajstić information content (AvgIpc) is 2.39. The molecule has 20 heavy (non-hydrogen) atoms. The number of benzene rings is 1. The number of anilines is 3. The molecule has 106 valence electrons. The summed E-state index contributed by atoms with van der Waals surface area (Å²) in [6.45, 7) is 2.30. The van der Waals surface area contributed by atoms with Gasteiger partial charge in [0.15, 0.2) is 0 Å². The Balaban J connectivity index is 2.34. The Kier molecular flexibility index (Phi) is 4.12. The molecule has 0 bridgehead atoms. The fourth-order valence-electron chi connectivity index (χ4n) is 1.70. The van der Waals surface area contributed by atoms with Crippen molar-refractivity contribution in [2.24, 2.45) is 0 Å². The van der Waals surface area contributed by atoms with Gasteiger partial charge in [-0.1, -0.05) is 18.2 Å². The van der Waals surface area contributed by atoms with Crippen molar-refractivity contribution in [2.75, 3.05) is 17.2 Å². The van der Waals surface area contributed by atoms with Gasteiger partial charge in [-0.25, -0.2) is 4.98 Å². The van der Waals surface area contributed by atoms with Gasteiger partial charge in [-0.15, -0.1) is 0 Å². The molecule has 0 fully saturated rings. The van der Waals surface area contributed by atoms with Crippen LogP contribution in [0.5, 0.6) is 0 Å². The molecule has 0 unspecified atom stereocenters. The monoisotopic (exact) mass is 281 g/mol. The number of hydrogen-bond acceptors (Lipinski definition) is 3. The number of rotatable bonds is 4. The summed E-state index contributed by atoms with van der Waals surface area (Å²) in [5, 5.41) is 5.66. The Hall–Kier alpha value is -2.24. The van der Waals surface area contributed by atoms with Crippen molar-refractivity contribution in [3.63, 3.8) is 0 Å². The summed E-state index contributed by atoms with van der Waals surface area (Å²) in [5.74, 6) is 0.350. The molecule has 0 radical (unpaired) electrons. The zero-order valence-corrected chi connectivity index (χ0v) is 10.8. The fraction of sp³-hybridized carbons (Fsp3) is 0.214. The van der Waals surface area contributed by atoms with Crippen LogP contribution in [0, 0.1) is 0 Å². The Labute approximate surface area is 114 Å². The van der Waals surface area contributed by atoms with Gasteiger partial charge in [0.05, 0.1) is 5.56 Å². The van der Waals surface area contributed by atoms with E-state index in [0.29, 0.717) is 12.2 Å². The summed E-state index contributed by atoms with van der Waals surface area (Å²) in [5.41, 5.74) is -0.0522. The maximum Gasteiger partial charge on any atom is 0.416 e. The molecule has 0 amide bonds. The van der Waals surface area contributed by atoms with Crippen LogP contribution in [-0.2, 0) is 6.18 Å². The van der Waals surface area contributed by atoms with Gasteiger partial charge < -0.3 is 10.6 Å². The number of pyridine rings is 1. The summed E-state index contributed by atoms with van der Waals surface area (Å²) >= 11 is 0. The van der Waals surface area contributed by atoms with E-state index in [2.05, 4.69) is 15.6 Å².